The summed E-state index contributed by atoms with van der Waals surface area (Å²) in [6.07, 6.45) is 2.46. The van der Waals surface area contributed by atoms with Gasteiger partial charge in [0.25, 0.3) is 0 Å². The van der Waals surface area contributed by atoms with E-state index in [0.717, 1.165) is 19.5 Å². The third-order valence-corrected chi connectivity index (χ3v) is 2.16. The van der Waals surface area contributed by atoms with Gasteiger partial charge in [0.1, 0.15) is 6.67 Å². The van der Waals surface area contributed by atoms with Crippen molar-refractivity contribution in [3.05, 3.63) is 12.7 Å². The molecular weight excluding hydrogens is 154 g/mol. The Labute approximate surface area is 72.4 Å². The van der Waals surface area contributed by atoms with Gasteiger partial charge in [0.15, 0.2) is 0 Å². The highest BCUT2D eigenvalue weighted by Gasteiger charge is 2.29. The van der Waals surface area contributed by atoms with Crippen LogP contribution in [0.5, 0.6) is 0 Å². The normalized spacial score (nSPS) is 21.8. The fourth-order valence-corrected chi connectivity index (χ4v) is 1.33. The van der Waals surface area contributed by atoms with Crippen molar-refractivity contribution in [2.24, 2.45) is 0 Å². The van der Waals surface area contributed by atoms with E-state index in [2.05, 4.69) is 17.6 Å². The van der Waals surface area contributed by atoms with Crippen LogP contribution in [-0.2, 0) is 4.79 Å². The van der Waals surface area contributed by atoms with Gasteiger partial charge in [-0.1, -0.05) is 6.58 Å². The maximum absolute atomic E-state index is 11.1. The Balaban J connectivity index is 2.28. The maximum atomic E-state index is 11.1. The molecule has 1 atom stereocenters. The summed E-state index contributed by atoms with van der Waals surface area (Å²) < 4.78 is 0. The van der Waals surface area contributed by atoms with E-state index in [0.29, 0.717) is 12.7 Å². The van der Waals surface area contributed by atoms with Crippen LogP contribution in [0.1, 0.15) is 6.42 Å². The highest BCUT2D eigenvalue weighted by atomic mass is 16.2. The quantitative estimate of drug-likeness (QED) is 0.401. The summed E-state index contributed by atoms with van der Waals surface area (Å²) in [6, 6.07) is 0.359. The lowest BCUT2D eigenvalue weighted by atomic mass is 10.0. The number of carbonyl (C=O) groups is 1. The second kappa shape index (κ2) is 4.23. The summed E-state index contributed by atoms with van der Waals surface area (Å²) in [5.74, 6) is 0.0390. The molecule has 1 amide bonds. The van der Waals surface area contributed by atoms with Crippen LogP contribution >= 0.6 is 0 Å². The first-order valence-electron chi connectivity index (χ1n) is 4.22. The minimum atomic E-state index is 0.0390. The van der Waals surface area contributed by atoms with Crippen LogP contribution in [0.25, 0.3) is 0 Å². The average Bonchev–Trinajstić information content (AvgIpc) is 2.03. The molecule has 0 radical (unpaired) electrons. The zero-order valence-electron chi connectivity index (χ0n) is 7.25. The van der Waals surface area contributed by atoms with E-state index in [9.17, 15) is 4.79 Å². The van der Waals surface area contributed by atoms with E-state index in [1.807, 2.05) is 4.90 Å². The van der Waals surface area contributed by atoms with Crippen molar-refractivity contribution in [3.63, 3.8) is 0 Å². The van der Waals surface area contributed by atoms with Crippen LogP contribution in [0.3, 0.4) is 0 Å². The highest BCUT2D eigenvalue weighted by molar-refractivity contribution is 5.87. The van der Waals surface area contributed by atoms with E-state index in [-0.39, 0.29) is 5.91 Å². The molecule has 68 valence electrons. The molecule has 1 aliphatic rings. The molecule has 0 bridgehead atoms. The van der Waals surface area contributed by atoms with Crippen LogP contribution in [0.4, 0.5) is 0 Å². The predicted molar refractivity (Wildman–Crippen MR) is 46.1 cm³/mol. The minimum Gasteiger partial charge on any atom is -0.345 e. The molecule has 1 heterocycles. The molecule has 1 rings (SSSR count). The number of amides is 1. The lowest BCUT2D eigenvalue weighted by Gasteiger charge is -2.40. The SMILES string of the molecule is C=CC(=O)N1CCC1CNC[NH3+]. The van der Waals surface area contributed by atoms with Gasteiger partial charge in [-0.3, -0.25) is 10.1 Å². The van der Waals surface area contributed by atoms with Gasteiger partial charge in [0, 0.05) is 19.1 Å². The Morgan fingerprint density at radius 1 is 1.83 bits per heavy atom. The van der Waals surface area contributed by atoms with Crippen molar-refractivity contribution in [1.29, 1.82) is 0 Å². The van der Waals surface area contributed by atoms with Gasteiger partial charge in [-0.05, 0) is 12.5 Å². The van der Waals surface area contributed by atoms with Crippen molar-refractivity contribution in [2.45, 2.75) is 12.5 Å². The van der Waals surface area contributed by atoms with Crippen LogP contribution < -0.4 is 11.1 Å². The van der Waals surface area contributed by atoms with Crippen LogP contribution in [-0.4, -0.2) is 36.6 Å². The van der Waals surface area contributed by atoms with Gasteiger partial charge in [-0.15, -0.1) is 0 Å². The third-order valence-electron chi connectivity index (χ3n) is 2.16. The second-order valence-electron chi connectivity index (χ2n) is 2.88. The summed E-state index contributed by atoms with van der Waals surface area (Å²) in [5.41, 5.74) is 3.67. The van der Waals surface area contributed by atoms with E-state index in [1.54, 1.807) is 0 Å². The minimum absolute atomic E-state index is 0.0390. The monoisotopic (exact) mass is 170 g/mol. The molecule has 4 heteroatoms. The average molecular weight is 170 g/mol. The first kappa shape index (κ1) is 9.22. The van der Waals surface area contributed by atoms with Crippen molar-refractivity contribution in [2.75, 3.05) is 19.8 Å². The molecule has 0 aliphatic carbocycles. The molecule has 1 fully saturated rings. The summed E-state index contributed by atoms with van der Waals surface area (Å²) >= 11 is 0. The number of nitrogens with one attached hydrogen (secondary N) is 1. The number of likely N-dealkylation sites (tertiary alicyclic amines) is 1. The van der Waals surface area contributed by atoms with Crippen molar-refractivity contribution < 1.29 is 10.5 Å². The van der Waals surface area contributed by atoms with Crippen molar-refractivity contribution in [1.82, 2.24) is 10.2 Å². The molecule has 0 aromatic carbocycles. The fraction of sp³-hybridized carbons (Fsp3) is 0.625. The molecule has 1 unspecified atom stereocenters. The zero-order chi connectivity index (χ0) is 8.97. The van der Waals surface area contributed by atoms with Crippen molar-refractivity contribution in [3.8, 4) is 0 Å². The number of nitrogens with zero attached hydrogens (tertiary/aromatic N) is 1. The molecule has 12 heavy (non-hydrogen) atoms. The second-order valence-corrected chi connectivity index (χ2v) is 2.88. The van der Waals surface area contributed by atoms with Gasteiger partial charge in [0.05, 0.1) is 0 Å². The number of hydrogen-bond donors (Lipinski definition) is 2. The molecule has 1 saturated heterocycles. The zero-order valence-corrected chi connectivity index (χ0v) is 7.25. The lowest BCUT2D eigenvalue weighted by molar-refractivity contribution is -0.375. The summed E-state index contributed by atoms with van der Waals surface area (Å²) in [5, 5.41) is 3.12. The third kappa shape index (κ3) is 1.84. The van der Waals surface area contributed by atoms with Gasteiger partial charge in [0.2, 0.25) is 5.91 Å². The maximum Gasteiger partial charge on any atom is 0.246 e. The first-order chi connectivity index (χ1) is 5.79. The standard InChI is InChI=1S/C8H15N3O/c1-2-8(12)11-4-3-7(11)5-10-6-9/h2,7,10H,1,3-6,9H2/p+1. The Morgan fingerprint density at radius 3 is 3.00 bits per heavy atom. The lowest BCUT2D eigenvalue weighted by Crippen LogP contribution is -2.61. The van der Waals surface area contributed by atoms with Crippen LogP contribution in [0.15, 0.2) is 12.7 Å². The Hall–Kier alpha value is -0.870. The van der Waals surface area contributed by atoms with Gasteiger partial charge in [-0.25, -0.2) is 0 Å². The molecular formula is C8H16N3O+. The topological polar surface area (TPSA) is 60.0 Å². The Kier molecular flexibility index (Phi) is 3.25. The fourth-order valence-electron chi connectivity index (χ4n) is 1.33. The molecule has 0 aromatic heterocycles. The van der Waals surface area contributed by atoms with E-state index in [4.69, 9.17) is 0 Å². The number of carbonyl (C=O) groups excluding carboxylic acids is 1. The molecule has 0 spiro atoms. The Bertz CT molecular complexity index is 181. The van der Waals surface area contributed by atoms with Crippen molar-refractivity contribution >= 4 is 5.91 Å². The summed E-state index contributed by atoms with van der Waals surface area (Å²) in [7, 11) is 0. The highest BCUT2D eigenvalue weighted by Crippen LogP contribution is 2.16. The van der Waals surface area contributed by atoms with E-state index in [1.165, 1.54) is 6.08 Å². The smallest absolute Gasteiger partial charge is 0.246 e. The number of rotatable bonds is 4. The summed E-state index contributed by atoms with van der Waals surface area (Å²) in [4.78, 5) is 13.0. The van der Waals surface area contributed by atoms with Crippen LogP contribution in [0, 0.1) is 0 Å². The molecule has 1 aliphatic heterocycles. The molecule has 4 N–H and O–H groups in total. The predicted octanol–water partition coefficient (Wildman–Crippen LogP) is -1.44. The number of quaternary nitrogens is 1. The summed E-state index contributed by atoms with van der Waals surface area (Å²) in [6.45, 7) is 5.89. The van der Waals surface area contributed by atoms with Gasteiger partial charge in [-0.2, -0.15) is 0 Å². The molecule has 0 saturated carbocycles. The number of hydrogen-bond acceptors (Lipinski definition) is 2. The van der Waals surface area contributed by atoms with E-state index < -0.39 is 0 Å². The molecule has 4 nitrogen and oxygen atoms in total. The largest absolute Gasteiger partial charge is 0.345 e. The van der Waals surface area contributed by atoms with E-state index >= 15 is 0 Å². The van der Waals surface area contributed by atoms with Gasteiger partial charge < -0.3 is 10.6 Å². The molecule has 0 aromatic rings. The first-order valence-corrected chi connectivity index (χ1v) is 4.22. The van der Waals surface area contributed by atoms with Crippen LogP contribution in [0.2, 0.25) is 0 Å². The van der Waals surface area contributed by atoms with Gasteiger partial charge >= 0.3 is 0 Å². The Morgan fingerprint density at radius 2 is 2.58 bits per heavy atom.